The minimum Gasteiger partial charge on any atom is -0.309 e. The Labute approximate surface area is 126 Å². The van der Waals surface area contributed by atoms with E-state index in [1.807, 2.05) is 12.1 Å². The van der Waals surface area contributed by atoms with Crippen LogP contribution in [0.25, 0.3) is 0 Å². The molecule has 1 heterocycles. The predicted molar refractivity (Wildman–Crippen MR) is 78.0 cm³/mol. The number of anilines is 1. The van der Waals surface area contributed by atoms with Crippen molar-refractivity contribution in [2.24, 2.45) is 5.92 Å². The van der Waals surface area contributed by atoms with Crippen molar-refractivity contribution in [3.05, 3.63) is 51.9 Å². The van der Waals surface area contributed by atoms with Crippen molar-refractivity contribution < 1.29 is 4.79 Å². The highest BCUT2D eigenvalue weighted by Crippen LogP contribution is 2.29. The van der Waals surface area contributed by atoms with Gasteiger partial charge >= 0.3 is 0 Å². The van der Waals surface area contributed by atoms with Crippen LogP contribution in [0.5, 0.6) is 0 Å². The quantitative estimate of drug-likeness (QED) is 0.867. The van der Waals surface area contributed by atoms with Gasteiger partial charge in [0.2, 0.25) is 5.91 Å². The van der Waals surface area contributed by atoms with E-state index in [0.717, 1.165) is 12.8 Å². The second-order valence-corrected chi connectivity index (χ2v) is 5.43. The molecule has 102 valence electrons. The van der Waals surface area contributed by atoms with Crippen molar-refractivity contribution in [3.8, 4) is 0 Å². The third-order valence-electron chi connectivity index (χ3n) is 3.41. The summed E-state index contributed by atoms with van der Waals surface area (Å²) in [5.41, 5.74) is 2.44. The highest BCUT2D eigenvalue weighted by Gasteiger charge is 2.27. The normalized spacial score (nSPS) is 14.1. The minimum absolute atomic E-state index is 0.0992. The predicted octanol–water partition coefficient (Wildman–Crippen LogP) is 3.14. The van der Waals surface area contributed by atoms with Gasteiger partial charge < -0.3 is 5.32 Å². The number of amides is 1. The SMILES string of the molecule is O=C(Nc1ncnc(Cl)c1Cl)C1Cc2ccccc2C1. The lowest BCUT2D eigenvalue weighted by Crippen LogP contribution is -2.24. The monoisotopic (exact) mass is 307 g/mol. The lowest BCUT2D eigenvalue weighted by molar-refractivity contribution is -0.119. The van der Waals surface area contributed by atoms with Gasteiger partial charge in [-0.1, -0.05) is 47.5 Å². The smallest absolute Gasteiger partial charge is 0.229 e. The number of benzene rings is 1. The number of rotatable bonds is 2. The van der Waals surface area contributed by atoms with E-state index in [1.54, 1.807) is 0 Å². The van der Waals surface area contributed by atoms with E-state index in [1.165, 1.54) is 17.5 Å². The Kier molecular flexibility index (Phi) is 3.59. The van der Waals surface area contributed by atoms with E-state index in [-0.39, 0.29) is 27.8 Å². The Bertz CT molecular complexity index is 650. The molecule has 1 N–H and O–H groups in total. The molecule has 1 aliphatic carbocycles. The summed E-state index contributed by atoms with van der Waals surface area (Å²) in [5, 5.41) is 3.02. The fourth-order valence-electron chi connectivity index (χ4n) is 2.40. The Hall–Kier alpha value is -1.65. The number of aromatic nitrogens is 2. The first kappa shape index (κ1) is 13.3. The van der Waals surface area contributed by atoms with Gasteiger partial charge in [-0.2, -0.15) is 0 Å². The number of fused-ring (bicyclic) bond motifs is 1. The molecule has 0 atom stereocenters. The van der Waals surface area contributed by atoms with Crippen LogP contribution in [0.4, 0.5) is 5.82 Å². The molecule has 0 aliphatic heterocycles. The molecule has 4 nitrogen and oxygen atoms in total. The molecular formula is C14H11Cl2N3O. The maximum absolute atomic E-state index is 12.3. The van der Waals surface area contributed by atoms with Crippen LogP contribution < -0.4 is 5.32 Å². The Morgan fingerprint density at radius 1 is 1.15 bits per heavy atom. The van der Waals surface area contributed by atoms with Crippen LogP contribution >= 0.6 is 23.2 Å². The van der Waals surface area contributed by atoms with Gasteiger partial charge in [0, 0.05) is 5.92 Å². The van der Waals surface area contributed by atoms with Crippen LogP contribution in [0.3, 0.4) is 0 Å². The maximum atomic E-state index is 12.3. The summed E-state index contributed by atoms with van der Waals surface area (Å²) in [6, 6.07) is 8.08. The first-order valence-corrected chi connectivity index (χ1v) is 6.94. The molecule has 1 amide bonds. The molecule has 1 aliphatic rings. The molecule has 0 spiro atoms. The topological polar surface area (TPSA) is 54.9 Å². The number of carbonyl (C=O) groups excluding carboxylic acids is 1. The standard InChI is InChI=1S/C14H11Cl2N3O/c15-11-12(16)17-7-18-13(11)19-14(20)10-5-8-3-1-2-4-9(8)6-10/h1-4,7,10H,5-6H2,(H,17,18,19,20). The summed E-state index contributed by atoms with van der Waals surface area (Å²) in [4.78, 5) is 20.0. The molecule has 6 heteroatoms. The summed E-state index contributed by atoms with van der Waals surface area (Å²) in [7, 11) is 0. The summed E-state index contributed by atoms with van der Waals surface area (Å²) in [6.07, 6.45) is 2.74. The molecular weight excluding hydrogens is 297 g/mol. The highest BCUT2D eigenvalue weighted by atomic mass is 35.5. The number of nitrogens with one attached hydrogen (secondary N) is 1. The van der Waals surface area contributed by atoms with Crippen molar-refractivity contribution in [2.75, 3.05) is 5.32 Å². The van der Waals surface area contributed by atoms with Gasteiger partial charge in [0.1, 0.15) is 11.3 Å². The van der Waals surface area contributed by atoms with E-state index >= 15 is 0 Å². The molecule has 1 aromatic carbocycles. The van der Waals surface area contributed by atoms with Crippen molar-refractivity contribution in [1.82, 2.24) is 9.97 Å². The van der Waals surface area contributed by atoms with Gasteiger partial charge in [-0.25, -0.2) is 9.97 Å². The number of halogens is 2. The van der Waals surface area contributed by atoms with Gasteiger partial charge in [-0.15, -0.1) is 0 Å². The molecule has 0 unspecified atom stereocenters. The summed E-state index contributed by atoms with van der Waals surface area (Å²) in [5.74, 6) is 0.0581. The Balaban J connectivity index is 1.74. The van der Waals surface area contributed by atoms with Crippen molar-refractivity contribution >= 4 is 34.9 Å². The Morgan fingerprint density at radius 3 is 2.45 bits per heavy atom. The zero-order valence-electron chi connectivity index (χ0n) is 10.4. The van der Waals surface area contributed by atoms with Gasteiger partial charge in [0.15, 0.2) is 11.0 Å². The van der Waals surface area contributed by atoms with Crippen LogP contribution in [-0.2, 0) is 17.6 Å². The van der Waals surface area contributed by atoms with Crippen molar-refractivity contribution in [1.29, 1.82) is 0 Å². The number of hydrogen-bond donors (Lipinski definition) is 1. The van der Waals surface area contributed by atoms with Gasteiger partial charge in [-0.05, 0) is 24.0 Å². The summed E-state index contributed by atoms with van der Waals surface area (Å²) in [6.45, 7) is 0. The molecule has 2 aromatic rings. The molecule has 0 fully saturated rings. The molecule has 1 aromatic heterocycles. The fraction of sp³-hybridized carbons (Fsp3) is 0.214. The lowest BCUT2D eigenvalue weighted by atomic mass is 10.1. The maximum Gasteiger partial charge on any atom is 0.229 e. The second kappa shape index (κ2) is 5.38. The summed E-state index contributed by atoms with van der Waals surface area (Å²) >= 11 is 11.8. The van der Waals surface area contributed by atoms with E-state index < -0.39 is 0 Å². The average Bonchev–Trinajstić information content (AvgIpc) is 2.88. The zero-order valence-corrected chi connectivity index (χ0v) is 11.9. The molecule has 0 radical (unpaired) electrons. The zero-order chi connectivity index (χ0) is 14.1. The van der Waals surface area contributed by atoms with E-state index in [9.17, 15) is 4.79 Å². The minimum atomic E-state index is -0.0998. The van der Waals surface area contributed by atoms with Gasteiger partial charge in [0.05, 0.1) is 0 Å². The van der Waals surface area contributed by atoms with E-state index in [0.29, 0.717) is 0 Å². The molecule has 0 saturated carbocycles. The molecule has 3 rings (SSSR count). The highest BCUT2D eigenvalue weighted by molar-refractivity contribution is 6.42. The van der Waals surface area contributed by atoms with Crippen LogP contribution in [0.1, 0.15) is 11.1 Å². The lowest BCUT2D eigenvalue weighted by Gasteiger charge is -2.10. The average molecular weight is 308 g/mol. The largest absolute Gasteiger partial charge is 0.309 e. The number of carbonyl (C=O) groups is 1. The van der Waals surface area contributed by atoms with Gasteiger partial charge in [0.25, 0.3) is 0 Å². The van der Waals surface area contributed by atoms with Crippen LogP contribution in [-0.4, -0.2) is 15.9 Å². The van der Waals surface area contributed by atoms with Crippen molar-refractivity contribution in [2.45, 2.75) is 12.8 Å². The Morgan fingerprint density at radius 2 is 1.80 bits per heavy atom. The fourth-order valence-corrected chi connectivity index (χ4v) is 2.68. The van der Waals surface area contributed by atoms with E-state index in [4.69, 9.17) is 23.2 Å². The number of hydrogen-bond acceptors (Lipinski definition) is 3. The first-order chi connectivity index (χ1) is 9.65. The summed E-state index contributed by atoms with van der Waals surface area (Å²) < 4.78 is 0. The van der Waals surface area contributed by atoms with Crippen molar-refractivity contribution in [3.63, 3.8) is 0 Å². The third kappa shape index (κ3) is 2.49. The second-order valence-electron chi connectivity index (χ2n) is 4.69. The third-order valence-corrected chi connectivity index (χ3v) is 4.15. The molecule has 0 saturated heterocycles. The number of nitrogens with zero attached hydrogens (tertiary/aromatic N) is 2. The molecule has 0 bridgehead atoms. The van der Waals surface area contributed by atoms with Crippen LogP contribution in [0, 0.1) is 5.92 Å². The first-order valence-electron chi connectivity index (χ1n) is 6.19. The van der Waals surface area contributed by atoms with Crippen LogP contribution in [0.15, 0.2) is 30.6 Å². The van der Waals surface area contributed by atoms with Crippen LogP contribution in [0.2, 0.25) is 10.2 Å². The molecule has 20 heavy (non-hydrogen) atoms. The van der Waals surface area contributed by atoms with E-state index in [2.05, 4.69) is 27.4 Å². The van der Waals surface area contributed by atoms with Gasteiger partial charge in [-0.3, -0.25) is 4.79 Å².